The quantitative estimate of drug-likeness (QED) is 0.433. The Kier molecular flexibility index (Phi) is 5.34. The minimum atomic E-state index is 0.109. The third-order valence-corrected chi connectivity index (χ3v) is 4.42. The maximum Gasteiger partial charge on any atom is 0.208 e. The first-order valence-corrected chi connectivity index (χ1v) is 9.61. The number of anilines is 2. The number of hydrogen-bond acceptors (Lipinski definition) is 6. The van der Waals surface area contributed by atoms with Gasteiger partial charge in [0.1, 0.15) is 22.9 Å². The number of aryl methyl sites for hydroxylation is 1. The lowest BCUT2D eigenvalue weighted by Gasteiger charge is -2.11. The van der Waals surface area contributed by atoms with Crippen molar-refractivity contribution in [3.63, 3.8) is 0 Å². The van der Waals surface area contributed by atoms with Gasteiger partial charge in [0.25, 0.3) is 0 Å². The summed E-state index contributed by atoms with van der Waals surface area (Å²) < 4.78 is 13.6. The molecule has 4 aromatic rings. The summed E-state index contributed by atoms with van der Waals surface area (Å²) >= 11 is 0. The fraction of sp³-hybridized carbons (Fsp3) is 0.174. The van der Waals surface area contributed by atoms with E-state index in [1.54, 1.807) is 12.1 Å². The SMILES string of the molecule is CC(C)Oc1cccc(Nc2nc3cc(Oc4ccnc(C=O)c4)ccc3n2C)c1. The van der Waals surface area contributed by atoms with Crippen molar-refractivity contribution in [2.45, 2.75) is 20.0 Å². The number of nitrogens with one attached hydrogen (secondary N) is 1. The van der Waals surface area contributed by atoms with Gasteiger partial charge in [0.15, 0.2) is 6.29 Å². The molecule has 0 bridgehead atoms. The molecular weight excluding hydrogens is 380 g/mol. The van der Waals surface area contributed by atoms with Crippen molar-refractivity contribution in [1.29, 1.82) is 0 Å². The number of pyridine rings is 1. The molecule has 0 aliphatic heterocycles. The Bertz CT molecular complexity index is 1200. The van der Waals surface area contributed by atoms with Crippen molar-refractivity contribution in [1.82, 2.24) is 14.5 Å². The number of carbonyl (C=O) groups is 1. The highest BCUT2D eigenvalue weighted by molar-refractivity contribution is 5.81. The molecule has 2 aromatic carbocycles. The lowest BCUT2D eigenvalue weighted by atomic mass is 10.3. The third-order valence-electron chi connectivity index (χ3n) is 4.42. The van der Waals surface area contributed by atoms with E-state index in [4.69, 9.17) is 14.5 Å². The molecule has 0 amide bonds. The number of nitrogens with zero attached hydrogens (tertiary/aromatic N) is 3. The van der Waals surface area contributed by atoms with Crippen molar-refractivity contribution < 1.29 is 14.3 Å². The summed E-state index contributed by atoms with van der Waals surface area (Å²) in [5.41, 5.74) is 2.96. The van der Waals surface area contributed by atoms with Crippen molar-refractivity contribution in [3.05, 3.63) is 66.5 Å². The number of imidazole rings is 1. The Morgan fingerprint density at radius 3 is 2.67 bits per heavy atom. The molecule has 0 aliphatic rings. The number of aldehydes is 1. The zero-order chi connectivity index (χ0) is 21.1. The van der Waals surface area contributed by atoms with E-state index in [0.29, 0.717) is 29.4 Å². The lowest BCUT2D eigenvalue weighted by molar-refractivity contribution is 0.111. The molecule has 0 aliphatic carbocycles. The molecule has 0 radical (unpaired) electrons. The second-order valence-corrected chi connectivity index (χ2v) is 7.10. The van der Waals surface area contributed by atoms with E-state index in [-0.39, 0.29) is 6.10 Å². The Morgan fingerprint density at radius 1 is 1.03 bits per heavy atom. The molecule has 0 fully saturated rings. The van der Waals surface area contributed by atoms with E-state index >= 15 is 0 Å². The molecule has 0 atom stereocenters. The van der Waals surface area contributed by atoms with Gasteiger partial charge < -0.3 is 19.4 Å². The van der Waals surface area contributed by atoms with Crippen molar-refractivity contribution in [3.8, 4) is 17.2 Å². The summed E-state index contributed by atoms with van der Waals surface area (Å²) in [6.07, 6.45) is 2.34. The highest BCUT2D eigenvalue weighted by Crippen LogP contribution is 2.29. The standard InChI is InChI=1S/C23H22N4O3/c1-15(2)29-18-6-4-5-16(11-18)25-23-26-21-13-19(7-8-22(21)27(23)3)30-20-9-10-24-17(12-20)14-28/h4-15H,1-3H3,(H,25,26). The summed E-state index contributed by atoms with van der Waals surface area (Å²) in [5, 5.41) is 3.34. The topological polar surface area (TPSA) is 78.3 Å². The first kappa shape index (κ1) is 19.4. The highest BCUT2D eigenvalue weighted by atomic mass is 16.5. The Balaban J connectivity index is 1.58. The first-order valence-electron chi connectivity index (χ1n) is 9.61. The van der Waals surface area contributed by atoms with Crippen molar-refractivity contribution in [2.24, 2.45) is 7.05 Å². The van der Waals surface area contributed by atoms with Gasteiger partial charge in [-0.2, -0.15) is 0 Å². The number of aromatic nitrogens is 3. The molecular formula is C23H22N4O3. The van der Waals surface area contributed by atoms with E-state index < -0.39 is 0 Å². The van der Waals surface area contributed by atoms with Crippen LogP contribution in [0.1, 0.15) is 24.3 Å². The molecule has 30 heavy (non-hydrogen) atoms. The summed E-state index contributed by atoms with van der Waals surface area (Å²) in [5.74, 6) is 2.68. The predicted octanol–water partition coefficient (Wildman–Crippen LogP) is 5.10. The molecule has 1 N–H and O–H groups in total. The molecule has 0 saturated carbocycles. The van der Waals surface area contributed by atoms with E-state index in [0.717, 1.165) is 22.5 Å². The van der Waals surface area contributed by atoms with Crippen LogP contribution in [0.15, 0.2) is 60.8 Å². The molecule has 152 valence electrons. The van der Waals surface area contributed by atoms with Crippen LogP contribution in [-0.4, -0.2) is 26.9 Å². The fourth-order valence-electron chi connectivity index (χ4n) is 3.10. The largest absolute Gasteiger partial charge is 0.491 e. The van der Waals surface area contributed by atoms with Gasteiger partial charge >= 0.3 is 0 Å². The van der Waals surface area contributed by atoms with Gasteiger partial charge in [-0.1, -0.05) is 6.07 Å². The van der Waals surface area contributed by atoms with E-state index in [1.807, 2.05) is 67.9 Å². The van der Waals surface area contributed by atoms with Gasteiger partial charge in [-0.25, -0.2) is 4.98 Å². The summed E-state index contributed by atoms with van der Waals surface area (Å²) in [6, 6.07) is 16.8. The zero-order valence-corrected chi connectivity index (χ0v) is 17.0. The van der Waals surface area contributed by atoms with E-state index in [2.05, 4.69) is 10.3 Å². The molecule has 7 nitrogen and oxygen atoms in total. The number of fused-ring (bicyclic) bond motifs is 1. The van der Waals surface area contributed by atoms with Gasteiger partial charge in [-0.3, -0.25) is 9.78 Å². The van der Waals surface area contributed by atoms with Gasteiger partial charge in [0.2, 0.25) is 5.95 Å². The maximum atomic E-state index is 10.9. The van der Waals surface area contributed by atoms with Crippen LogP contribution in [0.4, 0.5) is 11.6 Å². The Labute approximate surface area is 174 Å². The molecule has 2 heterocycles. The normalized spacial score (nSPS) is 10.9. The fourth-order valence-corrected chi connectivity index (χ4v) is 3.10. The molecule has 7 heteroatoms. The Morgan fingerprint density at radius 2 is 1.87 bits per heavy atom. The first-order chi connectivity index (χ1) is 14.5. The maximum absolute atomic E-state index is 10.9. The number of rotatable bonds is 7. The van der Waals surface area contributed by atoms with Crippen LogP contribution in [-0.2, 0) is 7.05 Å². The van der Waals surface area contributed by atoms with Gasteiger partial charge in [-0.15, -0.1) is 0 Å². The smallest absolute Gasteiger partial charge is 0.208 e. The van der Waals surface area contributed by atoms with Crippen LogP contribution in [0, 0.1) is 0 Å². The molecule has 2 aromatic heterocycles. The molecule has 0 saturated heterocycles. The minimum absolute atomic E-state index is 0.109. The molecule has 0 unspecified atom stereocenters. The Hall–Kier alpha value is -3.87. The summed E-state index contributed by atoms with van der Waals surface area (Å²) in [6.45, 7) is 3.99. The van der Waals surface area contributed by atoms with Crippen LogP contribution in [0.3, 0.4) is 0 Å². The van der Waals surface area contributed by atoms with E-state index in [9.17, 15) is 4.79 Å². The number of hydrogen-bond donors (Lipinski definition) is 1. The minimum Gasteiger partial charge on any atom is -0.491 e. The van der Waals surface area contributed by atoms with Crippen molar-refractivity contribution >= 4 is 29.0 Å². The molecule has 4 rings (SSSR count). The monoisotopic (exact) mass is 402 g/mol. The van der Waals surface area contributed by atoms with Gasteiger partial charge in [-0.05, 0) is 44.2 Å². The lowest BCUT2D eigenvalue weighted by Crippen LogP contribution is -2.06. The van der Waals surface area contributed by atoms with Crippen LogP contribution in [0.5, 0.6) is 17.2 Å². The van der Waals surface area contributed by atoms with Crippen molar-refractivity contribution in [2.75, 3.05) is 5.32 Å². The zero-order valence-electron chi connectivity index (χ0n) is 17.0. The second kappa shape index (κ2) is 8.24. The predicted molar refractivity (Wildman–Crippen MR) is 116 cm³/mol. The third kappa shape index (κ3) is 4.25. The summed E-state index contributed by atoms with van der Waals surface area (Å²) in [4.78, 5) is 19.5. The average molecular weight is 402 g/mol. The van der Waals surface area contributed by atoms with Crippen LogP contribution in [0.2, 0.25) is 0 Å². The summed E-state index contributed by atoms with van der Waals surface area (Å²) in [7, 11) is 1.95. The molecule has 0 spiro atoms. The average Bonchev–Trinajstić information content (AvgIpc) is 3.02. The van der Waals surface area contributed by atoms with Gasteiger partial charge in [0.05, 0.1) is 17.1 Å². The van der Waals surface area contributed by atoms with E-state index in [1.165, 1.54) is 6.20 Å². The highest BCUT2D eigenvalue weighted by Gasteiger charge is 2.10. The van der Waals surface area contributed by atoms with Crippen LogP contribution in [0.25, 0.3) is 11.0 Å². The van der Waals surface area contributed by atoms with Crippen LogP contribution < -0.4 is 14.8 Å². The number of benzene rings is 2. The van der Waals surface area contributed by atoms with Gasteiger partial charge in [0, 0.05) is 37.1 Å². The number of ether oxygens (including phenoxy) is 2. The van der Waals surface area contributed by atoms with Crippen LogP contribution >= 0.6 is 0 Å². The second-order valence-electron chi connectivity index (χ2n) is 7.10. The number of carbonyl (C=O) groups excluding carboxylic acids is 1.